The van der Waals surface area contributed by atoms with Gasteiger partial charge in [-0.05, 0) is 123 Å². The fraction of sp³-hybridized carbons (Fsp3) is 0.837. The number of ether oxygens (including phenoxy) is 5. The number of benzene rings is 1. The Morgan fingerprint density at radius 3 is 2.02 bits per heavy atom. The molecule has 4 aliphatic rings. The molecular weight excluding hydrogens is 821 g/mol. The highest BCUT2D eigenvalue weighted by molar-refractivity contribution is 7.91. The molecule has 4 aliphatic heterocycles. The lowest BCUT2D eigenvalue weighted by atomic mass is 9.83. The van der Waals surface area contributed by atoms with E-state index in [-0.39, 0.29) is 70.8 Å². The molecule has 0 saturated carbocycles. The molecule has 350 valence electrons. The summed E-state index contributed by atoms with van der Waals surface area (Å²) >= 11 is 0. The first-order valence-electron chi connectivity index (χ1n) is 23.9. The maximum absolute atomic E-state index is 14.1. The SMILES string of the molecule is C=C1C(C)C[C@H](CC[C@@H]2O[C@@H](CCC3OCCCO3)CC2C)O[C@@H]1C[C@@H]1O[C@H](C[C@@H](CO[Si](C)(C)C(C)(C)C)O[Si](C)(C)C(C)(C)C)C[C@H]1CS(=O)(=O)c1ccc(CC)cc1. The van der Waals surface area contributed by atoms with Crippen molar-refractivity contribution in [1.29, 1.82) is 0 Å². The molecular formula is C49H86O9SSi2. The van der Waals surface area contributed by atoms with Crippen molar-refractivity contribution in [1.82, 2.24) is 0 Å². The largest absolute Gasteiger partial charge is 0.414 e. The monoisotopic (exact) mass is 907 g/mol. The molecule has 0 aromatic heterocycles. The fourth-order valence-corrected chi connectivity index (χ4v) is 13.1. The molecule has 2 unspecified atom stereocenters. The summed E-state index contributed by atoms with van der Waals surface area (Å²) in [5.74, 6) is 0.617. The standard InChI is InChI=1S/C49H86O9SSi2/c1-15-37-17-21-43(22-18-37)59(50,51)33-38-29-41(30-42(58-61(13,14)49(8,9)10)32-54-60(11,12)48(5,6)7)57-46(38)31-45-36(4)34(2)27-39(56-45)19-23-44-35(3)28-40(55-44)20-24-47-52-25-16-26-53-47/h17-18,21-22,34-35,38-42,44-47H,4,15-16,19-20,23-33H2,1-3,5-14H3/t34?,35?,38-,39-,40-,41-,42-,44-,45+,46-/m0/s1. The molecule has 5 rings (SSSR count). The van der Waals surface area contributed by atoms with Gasteiger partial charge in [0, 0.05) is 25.2 Å². The zero-order valence-electron chi connectivity index (χ0n) is 40.6. The number of hydrogen-bond donors (Lipinski definition) is 0. The second-order valence-corrected chi connectivity index (χ2v) is 33.9. The third-order valence-electron chi connectivity index (χ3n) is 15.3. The van der Waals surface area contributed by atoms with Crippen LogP contribution in [0, 0.1) is 17.8 Å². The fourth-order valence-electron chi connectivity index (χ4n) is 9.10. The van der Waals surface area contributed by atoms with Crippen LogP contribution in [0.15, 0.2) is 41.3 Å². The third kappa shape index (κ3) is 14.0. The Morgan fingerprint density at radius 1 is 0.787 bits per heavy atom. The van der Waals surface area contributed by atoms with Crippen LogP contribution in [-0.4, -0.2) is 99.6 Å². The molecule has 0 bridgehead atoms. The minimum atomic E-state index is -3.58. The van der Waals surface area contributed by atoms with Crippen molar-refractivity contribution < 1.29 is 41.0 Å². The van der Waals surface area contributed by atoms with E-state index in [2.05, 4.69) is 95.1 Å². The quantitative estimate of drug-likeness (QED) is 0.0992. The van der Waals surface area contributed by atoms with Crippen LogP contribution >= 0.6 is 0 Å². The Kier molecular flexibility index (Phi) is 17.7. The van der Waals surface area contributed by atoms with E-state index in [1.807, 2.05) is 12.1 Å². The van der Waals surface area contributed by atoms with Gasteiger partial charge in [-0.2, -0.15) is 0 Å². The van der Waals surface area contributed by atoms with Gasteiger partial charge in [-0.3, -0.25) is 0 Å². The van der Waals surface area contributed by atoms with Crippen LogP contribution in [-0.2, 0) is 48.8 Å². The van der Waals surface area contributed by atoms with Gasteiger partial charge < -0.3 is 32.5 Å². The summed E-state index contributed by atoms with van der Waals surface area (Å²) in [5.41, 5.74) is 2.21. The second-order valence-electron chi connectivity index (χ2n) is 22.3. The normalized spacial score (nSPS) is 30.6. The Bertz CT molecular complexity index is 1650. The average Bonchev–Trinajstić information content (AvgIpc) is 3.73. The first kappa shape index (κ1) is 51.1. The maximum Gasteiger partial charge on any atom is 0.192 e. The topological polar surface area (TPSA) is 98.8 Å². The van der Waals surface area contributed by atoms with Gasteiger partial charge in [0.1, 0.15) is 0 Å². The van der Waals surface area contributed by atoms with Crippen molar-refractivity contribution in [3.05, 3.63) is 42.0 Å². The van der Waals surface area contributed by atoms with Crippen LogP contribution in [0.3, 0.4) is 0 Å². The summed E-state index contributed by atoms with van der Waals surface area (Å²) in [6.07, 6.45) is 9.03. The van der Waals surface area contributed by atoms with Crippen molar-refractivity contribution in [3.63, 3.8) is 0 Å². The molecule has 12 heteroatoms. The lowest BCUT2D eigenvalue weighted by Crippen LogP contribution is -2.48. The predicted molar refractivity (Wildman–Crippen MR) is 252 cm³/mol. The lowest BCUT2D eigenvalue weighted by molar-refractivity contribution is -0.184. The van der Waals surface area contributed by atoms with E-state index in [1.54, 1.807) is 12.1 Å². The highest BCUT2D eigenvalue weighted by atomic mass is 32.2. The zero-order valence-corrected chi connectivity index (χ0v) is 43.4. The highest BCUT2D eigenvalue weighted by Gasteiger charge is 2.46. The third-order valence-corrected chi connectivity index (χ3v) is 26.2. The van der Waals surface area contributed by atoms with Crippen molar-refractivity contribution in [2.45, 2.75) is 223 Å². The summed E-state index contributed by atoms with van der Waals surface area (Å²) in [7, 11) is -7.81. The van der Waals surface area contributed by atoms with Crippen molar-refractivity contribution in [2.24, 2.45) is 17.8 Å². The Morgan fingerprint density at radius 2 is 1.39 bits per heavy atom. The van der Waals surface area contributed by atoms with Gasteiger partial charge >= 0.3 is 0 Å². The van der Waals surface area contributed by atoms with Crippen molar-refractivity contribution >= 4 is 26.5 Å². The number of hydrogen-bond acceptors (Lipinski definition) is 9. The minimum Gasteiger partial charge on any atom is -0.414 e. The smallest absolute Gasteiger partial charge is 0.192 e. The van der Waals surface area contributed by atoms with Gasteiger partial charge in [0.15, 0.2) is 32.8 Å². The summed E-state index contributed by atoms with van der Waals surface area (Å²) in [6, 6.07) is 7.41. The van der Waals surface area contributed by atoms with Crippen molar-refractivity contribution in [3.8, 4) is 0 Å². The molecule has 0 N–H and O–H groups in total. The van der Waals surface area contributed by atoms with Gasteiger partial charge in [0.25, 0.3) is 0 Å². The maximum atomic E-state index is 14.1. The predicted octanol–water partition coefficient (Wildman–Crippen LogP) is 11.5. The lowest BCUT2D eigenvalue weighted by Gasteiger charge is -2.42. The first-order chi connectivity index (χ1) is 28.4. The molecule has 4 saturated heterocycles. The first-order valence-corrected chi connectivity index (χ1v) is 31.4. The Hall–Kier alpha value is -0.936. The minimum absolute atomic E-state index is 0.0279. The molecule has 1 aromatic rings. The van der Waals surface area contributed by atoms with Crippen LogP contribution in [0.5, 0.6) is 0 Å². The van der Waals surface area contributed by atoms with Gasteiger partial charge in [-0.1, -0.05) is 81.0 Å². The summed E-state index contributed by atoms with van der Waals surface area (Å²) in [6.45, 7) is 36.1. The van der Waals surface area contributed by atoms with Crippen LogP contribution in [0.1, 0.15) is 132 Å². The zero-order chi connectivity index (χ0) is 45.0. The van der Waals surface area contributed by atoms with E-state index in [0.29, 0.717) is 42.6 Å². The molecule has 10 atom stereocenters. The van der Waals surface area contributed by atoms with Crippen LogP contribution in [0.2, 0.25) is 36.3 Å². The molecule has 0 radical (unpaired) electrons. The van der Waals surface area contributed by atoms with Gasteiger partial charge in [0.05, 0.1) is 73.2 Å². The number of rotatable bonds is 19. The molecule has 0 aliphatic carbocycles. The van der Waals surface area contributed by atoms with Crippen LogP contribution in [0.4, 0.5) is 0 Å². The van der Waals surface area contributed by atoms with E-state index in [0.717, 1.165) is 75.7 Å². The van der Waals surface area contributed by atoms with E-state index in [4.69, 9.17) is 32.5 Å². The number of aryl methyl sites for hydroxylation is 1. The van der Waals surface area contributed by atoms with Gasteiger partial charge in [-0.25, -0.2) is 8.42 Å². The van der Waals surface area contributed by atoms with Gasteiger partial charge in [0.2, 0.25) is 0 Å². The summed E-state index contributed by atoms with van der Waals surface area (Å²) < 4.78 is 74.4. The summed E-state index contributed by atoms with van der Waals surface area (Å²) in [4.78, 5) is 0.377. The second kappa shape index (κ2) is 21.1. The van der Waals surface area contributed by atoms with E-state index >= 15 is 0 Å². The Balaban J connectivity index is 1.29. The molecule has 9 nitrogen and oxygen atoms in total. The molecule has 4 fully saturated rings. The van der Waals surface area contributed by atoms with E-state index < -0.39 is 26.5 Å². The average molecular weight is 907 g/mol. The van der Waals surface area contributed by atoms with Gasteiger partial charge in [-0.15, -0.1) is 0 Å². The molecule has 4 heterocycles. The Labute approximate surface area is 374 Å². The molecule has 61 heavy (non-hydrogen) atoms. The van der Waals surface area contributed by atoms with Crippen LogP contribution in [0.25, 0.3) is 0 Å². The summed E-state index contributed by atoms with van der Waals surface area (Å²) in [5, 5.41) is 0.0976. The highest BCUT2D eigenvalue weighted by Crippen LogP contribution is 2.43. The molecule has 0 spiro atoms. The van der Waals surface area contributed by atoms with E-state index in [9.17, 15) is 8.42 Å². The van der Waals surface area contributed by atoms with Crippen molar-refractivity contribution in [2.75, 3.05) is 25.6 Å². The number of sulfone groups is 1. The molecule has 0 amide bonds. The molecule has 1 aromatic carbocycles. The van der Waals surface area contributed by atoms with E-state index in [1.165, 1.54) is 0 Å². The van der Waals surface area contributed by atoms with Crippen LogP contribution < -0.4 is 0 Å².